The number of benzene rings is 2. The number of hydrogen-bond acceptors (Lipinski definition) is 2. The van der Waals surface area contributed by atoms with Crippen LogP contribution in [0.4, 0.5) is 13.2 Å². The van der Waals surface area contributed by atoms with Gasteiger partial charge in [-0.2, -0.15) is 13.2 Å². The molecule has 0 aliphatic carbocycles. The lowest BCUT2D eigenvalue weighted by atomic mass is 9.88. The van der Waals surface area contributed by atoms with Crippen LogP contribution in [0.5, 0.6) is 0 Å². The normalized spacial score (nSPS) is 13.0. The maximum Gasteiger partial charge on any atom is 0.392 e. The highest BCUT2D eigenvalue weighted by Crippen LogP contribution is 2.37. The number of aryl methyl sites for hydroxylation is 4. The summed E-state index contributed by atoms with van der Waals surface area (Å²) in [6, 6.07) is 11.1. The first-order chi connectivity index (χ1) is 12.5. The van der Waals surface area contributed by atoms with Gasteiger partial charge in [-0.1, -0.05) is 36.4 Å². The number of rotatable bonds is 6. The van der Waals surface area contributed by atoms with Gasteiger partial charge in [0.15, 0.2) is 6.10 Å². The van der Waals surface area contributed by atoms with Crippen molar-refractivity contribution in [2.45, 2.75) is 52.5 Å². The van der Waals surface area contributed by atoms with E-state index in [0.717, 1.165) is 22.3 Å². The summed E-state index contributed by atoms with van der Waals surface area (Å²) in [6.07, 6.45) is -9.09. The molecule has 0 spiro atoms. The summed E-state index contributed by atoms with van der Waals surface area (Å²) in [4.78, 5) is 11.5. The Morgan fingerprint density at radius 3 is 1.59 bits per heavy atom. The molecule has 0 amide bonds. The molecular formula is C21H23F3O3. The third-order valence-corrected chi connectivity index (χ3v) is 4.60. The minimum atomic E-state index is -4.64. The molecule has 27 heavy (non-hydrogen) atoms. The van der Waals surface area contributed by atoms with Crippen molar-refractivity contribution in [3.05, 3.63) is 69.8 Å². The van der Waals surface area contributed by atoms with E-state index in [-0.39, 0.29) is 0 Å². The van der Waals surface area contributed by atoms with Crippen LogP contribution in [-0.4, -0.2) is 23.4 Å². The SMILES string of the molecule is Cc1cccc(C)c1C(OC(CC(F)(F)F)C(=O)O)c1c(C)cccc1C. The van der Waals surface area contributed by atoms with Gasteiger partial charge in [0.25, 0.3) is 0 Å². The molecule has 1 N–H and O–H groups in total. The third-order valence-electron chi connectivity index (χ3n) is 4.60. The van der Waals surface area contributed by atoms with Crippen molar-refractivity contribution in [3.63, 3.8) is 0 Å². The van der Waals surface area contributed by atoms with E-state index in [1.165, 1.54) is 0 Å². The van der Waals surface area contributed by atoms with Gasteiger partial charge in [0, 0.05) is 0 Å². The van der Waals surface area contributed by atoms with Crippen LogP contribution in [-0.2, 0) is 9.53 Å². The molecule has 6 heteroatoms. The second kappa shape index (κ2) is 8.13. The molecule has 2 aromatic carbocycles. The molecule has 0 saturated carbocycles. The summed E-state index contributed by atoms with van der Waals surface area (Å²) in [7, 11) is 0. The number of ether oxygens (including phenoxy) is 1. The predicted octanol–water partition coefficient (Wildman–Crippen LogP) is 5.43. The molecule has 1 atom stereocenters. The standard InChI is InChI=1S/C21H23F3O3/c1-12-7-5-8-13(2)17(12)19(18-14(3)9-6-10-15(18)4)27-16(20(25)26)11-21(22,23)24/h5-10,16,19H,11H2,1-4H3,(H,25,26). The average molecular weight is 380 g/mol. The van der Waals surface area contributed by atoms with E-state index in [9.17, 15) is 23.1 Å². The van der Waals surface area contributed by atoms with Gasteiger partial charge in [0.05, 0.1) is 6.42 Å². The van der Waals surface area contributed by atoms with Gasteiger partial charge < -0.3 is 9.84 Å². The van der Waals surface area contributed by atoms with Crippen LogP contribution < -0.4 is 0 Å². The second-order valence-corrected chi connectivity index (χ2v) is 6.77. The summed E-state index contributed by atoms with van der Waals surface area (Å²) in [5.74, 6) is -1.63. The molecule has 0 aromatic heterocycles. The number of halogens is 3. The molecule has 0 radical (unpaired) electrons. The maximum atomic E-state index is 12.9. The smallest absolute Gasteiger partial charge is 0.392 e. The lowest BCUT2D eigenvalue weighted by molar-refractivity contribution is -0.184. The Labute approximate surface area is 156 Å². The summed E-state index contributed by atoms with van der Waals surface area (Å²) in [6.45, 7) is 7.36. The van der Waals surface area contributed by atoms with E-state index in [1.54, 1.807) is 0 Å². The van der Waals surface area contributed by atoms with E-state index >= 15 is 0 Å². The van der Waals surface area contributed by atoms with Crippen LogP contribution in [0, 0.1) is 27.7 Å². The number of aliphatic carboxylic acids is 1. The third kappa shape index (κ3) is 5.10. The molecular weight excluding hydrogens is 357 g/mol. The van der Waals surface area contributed by atoms with Gasteiger partial charge in [-0.3, -0.25) is 0 Å². The van der Waals surface area contributed by atoms with Crippen LogP contribution in [0.2, 0.25) is 0 Å². The average Bonchev–Trinajstić information content (AvgIpc) is 2.52. The van der Waals surface area contributed by atoms with Crippen LogP contribution in [0.1, 0.15) is 45.9 Å². The number of carboxylic acid groups (broad SMARTS) is 1. The summed E-state index contributed by atoms with van der Waals surface area (Å²) in [5, 5.41) is 9.33. The topological polar surface area (TPSA) is 46.5 Å². The highest BCUT2D eigenvalue weighted by molar-refractivity contribution is 5.72. The zero-order valence-corrected chi connectivity index (χ0v) is 15.7. The maximum absolute atomic E-state index is 12.9. The monoisotopic (exact) mass is 380 g/mol. The minimum Gasteiger partial charge on any atom is -0.479 e. The Hall–Kier alpha value is -2.34. The summed E-state index contributed by atoms with van der Waals surface area (Å²) in [5.41, 5.74) is 4.72. The first-order valence-electron chi connectivity index (χ1n) is 8.58. The number of carbonyl (C=O) groups is 1. The summed E-state index contributed by atoms with van der Waals surface area (Å²) < 4.78 is 44.3. The zero-order valence-electron chi connectivity index (χ0n) is 15.7. The Morgan fingerprint density at radius 2 is 1.30 bits per heavy atom. The number of carboxylic acids is 1. The van der Waals surface area contributed by atoms with Crippen molar-refractivity contribution in [1.29, 1.82) is 0 Å². The van der Waals surface area contributed by atoms with Gasteiger partial charge >= 0.3 is 12.1 Å². The van der Waals surface area contributed by atoms with Crippen molar-refractivity contribution in [2.24, 2.45) is 0 Å². The fourth-order valence-electron chi connectivity index (χ4n) is 3.33. The number of hydrogen-bond donors (Lipinski definition) is 1. The van der Waals surface area contributed by atoms with E-state index in [0.29, 0.717) is 11.1 Å². The highest BCUT2D eigenvalue weighted by atomic mass is 19.4. The Morgan fingerprint density at radius 1 is 0.926 bits per heavy atom. The van der Waals surface area contributed by atoms with E-state index in [2.05, 4.69) is 0 Å². The zero-order chi connectivity index (χ0) is 20.4. The molecule has 0 aliphatic rings. The number of alkyl halides is 3. The van der Waals surface area contributed by atoms with Crippen LogP contribution in [0.3, 0.4) is 0 Å². The summed E-state index contributed by atoms with van der Waals surface area (Å²) >= 11 is 0. The Balaban J connectivity index is 2.62. The molecule has 1 unspecified atom stereocenters. The lowest BCUT2D eigenvalue weighted by Gasteiger charge is -2.28. The van der Waals surface area contributed by atoms with E-state index < -0.39 is 30.8 Å². The van der Waals surface area contributed by atoms with Crippen LogP contribution in [0.15, 0.2) is 36.4 Å². The molecule has 2 rings (SSSR count). The molecule has 0 saturated heterocycles. The van der Waals surface area contributed by atoms with E-state index in [4.69, 9.17) is 4.74 Å². The largest absolute Gasteiger partial charge is 0.479 e. The first-order valence-corrected chi connectivity index (χ1v) is 8.58. The van der Waals surface area contributed by atoms with Crippen molar-refractivity contribution in [3.8, 4) is 0 Å². The van der Waals surface area contributed by atoms with E-state index in [1.807, 2.05) is 64.1 Å². The van der Waals surface area contributed by atoms with Gasteiger partial charge in [0.1, 0.15) is 6.10 Å². The van der Waals surface area contributed by atoms with Crippen LogP contribution in [0.25, 0.3) is 0 Å². The Bertz CT molecular complexity index is 736. The van der Waals surface area contributed by atoms with Gasteiger partial charge in [-0.25, -0.2) is 4.79 Å². The fraction of sp³-hybridized carbons (Fsp3) is 0.381. The molecule has 0 fully saturated rings. The molecule has 0 bridgehead atoms. The molecule has 2 aromatic rings. The van der Waals surface area contributed by atoms with Crippen molar-refractivity contribution in [2.75, 3.05) is 0 Å². The Kier molecular flexibility index (Phi) is 6.31. The lowest BCUT2D eigenvalue weighted by Crippen LogP contribution is -2.32. The molecule has 146 valence electrons. The fourth-order valence-corrected chi connectivity index (χ4v) is 3.33. The second-order valence-electron chi connectivity index (χ2n) is 6.77. The van der Waals surface area contributed by atoms with Gasteiger partial charge in [-0.15, -0.1) is 0 Å². The molecule has 0 aliphatic heterocycles. The predicted molar refractivity (Wildman–Crippen MR) is 96.9 cm³/mol. The quantitative estimate of drug-likeness (QED) is 0.727. The van der Waals surface area contributed by atoms with Crippen molar-refractivity contribution < 1.29 is 27.8 Å². The minimum absolute atomic E-state index is 0.698. The van der Waals surface area contributed by atoms with Crippen molar-refractivity contribution >= 4 is 5.97 Å². The van der Waals surface area contributed by atoms with Gasteiger partial charge in [0.2, 0.25) is 0 Å². The van der Waals surface area contributed by atoms with Gasteiger partial charge in [-0.05, 0) is 61.1 Å². The van der Waals surface area contributed by atoms with Crippen molar-refractivity contribution in [1.82, 2.24) is 0 Å². The molecule has 3 nitrogen and oxygen atoms in total. The van der Waals surface area contributed by atoms with Crippen LogP contribution >= 0.6 is 0 Å². The highest BCUT2D eigenvalue weighted by Gasteiger charge is 2.38. The molecule has 0 heterocycles. The first kappa shape index (κ1) is 21.0.